The van der Waals surface area contributed by atoms with Crippen molar-refractivity contribution in [2.75, 3.05) is 18.5 Å². The van der Waals surface area contributed by atoms with E-state index in [-0.39, 0.29) is 11.8 Å². The highest BCUT2D eigenvalue weighted by molar-refractivity contribution is 7.19. The van der Waals surface area contributed by atoms with Crippen molar-refractivity contribution in [1.82, 2.24) is 9.97 Å². The molecule has 0 aliphatic carbocycles. The van der Waals surface area contributed by atoms with Crippen molar-refractivity contribution in [3.8, 4) is 10.4 Å². The molecule has 0 unspecified atom stereocenters. The van der Waals surface area contributed by atoms with Gasteiger partial charge in [0.1, 0.15) is 0 Å². The third kappa shape index (κ3) is 3.52. The quantitative estimate of drug-likeness (QED) is 0.723. The molecular weight excluding hydrogens is 341 g/mol. The maximum Gasteiger partial charge on any atom is 0.231 e. The van der Waals surface area contributed by atoms with Crippen molar-refractivity contribution in [2.45, 2.75) is 12.8 Å². The molecule has 25 heavy (non-hydrogen) atoms. The second-order valence-corrected chi connectivity index (χ2v) is 7.03. The number of benzene rings is 1. The first-order valence-electron chi connectivity index (χ1n) is 8.09. The van der Waals surface area contributed by atoms with Gasteiger partial charge < -0.3 is 10.1 Å². The number of nitrogens with zero attached hydrogens (tertiary/aromatic N) is 2. The fraction of sp³-hybridized carbons (Fsp3) is 0.278. The van der Waals surface area contributed by atoms with Gasteiger partial charge in [0, 0.05) is 30.5 Å². The van der Waals surface area contributed by atoms with E-state index in [1.54, 1.807) is 6.20 Å². The number of aromatic nitrogens is 2. The van der Waals surface area contributed by atoms with E-state index in [2.05, 4.69) is 15.3 Å². The molecule has 1 amide bonds. The van der Waals surface area contributed by atoms with Crippen LogP contribution in [0.4, 0.5) is 9.52 Å². The van der Waals surface area contributed by atoms with Crippen LogP contribution in [-0.2, 0) is 9.53 Å². The second-order valence-electron chi connectivity index (χ2n) is 6.00. The smallest absolute Gasteiger partial charge is 0.231 e. The number of hydrogen-bond acceptors (Lipinski definition) is 5. The average Bonchev–Trinajstić information content (AvgIpc) is 3.10. The van der Waals surface area contributed by atoms with Gasteiger partial charge in [-0.1, -0.05) is 23.5 Å². The van der Waals surface area contributed by atoms with Gasteiger partial charge in [-0.05, 0) is 29.9 Å². The average molecular weight is 357 g/mol. The number of pyridine rings is 1. The van der Waals surface area contributed by atoms with Gasteiger partial charge in [0.05, 0.1) is 17.4 Å². The normalized spacial score (nSPS) is 17.6. The maximum absolute atomic E-state index is 13.3. The van der Waals surface area contributed by atoms with Crippen LogP contribution in [0.3, 0.4) is 0 Å². The summed E-state index contributed by atoms with van der Waals surface area (Å²) < 4.78 is 18.7. The zero-order valence-corrected chi connectivity index (χ0v) is 14.2. The van der Waals surface area contributed by atoms with Crippen LogP contribution in [0.15, 0.2) is 36.7 Å². The molecule has 1 aliphatic rings. The summed E-state index contributed by atoms with van der Waals surface area (Å²) in [5.41, 5.74) is 0.928. The molecular formula is C18H16FN3O2S. The molecule has 2 aromatic heterocycles. The summed E-state index contributed by atoms with van der Waals surface area (Å²) in [6.07, 6.45) is 4.98. The lowest BCUT2D eigenvalue weighted by Crippen LogP contribution is -2.30. The first-order valence-corrected chi connectivity index (χ1v) is 8.91. The van der Waals surface area contributed by atoms with Gasteiger partial charge in [-0.2, -0.15) is 4.39 Å². The highest BCUT2D eigenvalue weighted by Crippen LogP contribution is 2.31. The van der Waals surface area contributed by atoms with Crippen molar-refractivity contribution in [1.29, 1.82) is 0 Å². The molecule has 128 valence electrons. The van der Waals surface area contributed by atoms with Gasteiger partial charge in [-0.3, -0.25) is 4.79 Å². The van der Waals surface area contributed by atoms with Crippen LogP contribution in [0.5, 0.6) is 0 Å². The third-order valence-electron chi connectivity index (χ3n) is 4.24. The van der Waals surface area contributed by atoms with Gasteiger partial charge in [-0.15, -0.1) is 0 Å². The molecule has 3 heterocycles. The summed E-state index contributed by atoms with van der Waals surface area (Å²) >= 11 is 1.40. The number of nitrogens with one attached hydrogen (secondary N) is 1. The Labute approximate surface area is 147 Å². The van der Waals surface area contributed by atoms with Crippen molar-refractivity contribution in [2.24, 2.45) is 5.92 Å². The van der Waals surface area contributed by atoms with E-state index in [1.165, 1.54) is 23.6 Å². The fourth-order valence-corrected chi connectivity index (χ4v) is 3.70. The van der Waals surface area contributed by atoms with Gasteiger partial charge in [0.25, 0.3) is 0 Å². The monoisotopic (exact) mass is 357 g/mol. The van der Waals surface area contributed by atoms with Crippen molar-refractivity contribution >= 4 is 33.1 Å². The van der Waals surface area contributed by atoms with E-state index >= 15 is 0 Å². The Morgan fingerprint density at radius 3 is 3.00 bits per heavy atom. The molecule has 4 rings (SSSR count). The van der Waals surface area contributed by atoms with Gasteiger partial charge in [0.15, 0.2) is 5.13 Å². The molecule has 1 atom stereocenters. The Hall–Kier alpha value is -2.38. The second kappa shape index (κ2) is 6.85. The van der Waals surface area contributed by atoms with Crippen LogP contribution in [-0.4, -0.2) is 29.1 Å². The number of carbonyl (C=O) groups is 1. The highest BCUT2D eigenvalue weighted by Gasteiger charge is 2.22. The van der Waals surface area contributed by atoms with Crippen molar-refractivity contribution < 1.29 is 13.9 Å². The number of thiazole rings is 1. The first-order chi connectivity index (χ1) is 12.2. The van der Waals surface area contributed by atoms with Gasteiger partial charge in [-0.25, -0.2) is 9.97 Å². The van der Waals surface area contributed by atoms with Gasteiger partial charge in [0.2, 0.25) is 11.9 Å². The van der Waals surface area contributed by atoms with Gasteiger partial charge >= 0.3 is 0 Å². The Kier molecular flexibility index (Phi) is 4.42. The molecule has 3 aromatic rings. The molecule has 0 radical (unpaired) electrons. The molecule has 0 saturated carbocycles. The summed E-state index contributed by atoms with van der Waals surface area (Å²) in [5, 5.41) is 5.08. The predicted molar refractivity (Wildman–Crippen MR) is 95.0 cm³/mol. The van der Waals surface area contributed by atoms with E-state index in [9.17, 15) is 9.18 Å². The number of amides is 1. The number of ether oxygens (including phenoxy) is 1. The lowest BCUT2D eigenvalue weighted by molar-refractivity contribution is -0.123. The van der Waals surface area contributed by atoms with Crippen molar-refractivity contribution in [3.63, 3.8) is 0 Å². The van der Waals surface area contributed by atoms with Crippen LogP contribution in [0.1, 0.15) is 12.8 Å². The van der Waals surface area contributed by atoms with E-state index in [4.69, 9.17) is 4.74 Å². The number of carbonyl (C=O) groups excluding carboxylic acids is 1. The number of fused-ring (bicyclic) bond motifs is 1. The molecule has 0 spiro atoms. The third-order valence-corrected chi connectivity index (χ3v) is 5.20. The first kappa shape index (κ1) is 16.1. The lowest BCUT2D eigenvalue weighted by Gasteiger charge is -2.20. The Morgan fingerprint density at radius 1 is 1.24 bits per heavy atom. The van der Waals surface area contributed by atoms with E-state index in [0.29, 0.717) is 11.7 Å². The minimum Gasteiger partial charge on any atom is -0.381 e. The standard InChI is InChI=1S/C18H16FN3O2S/c19-16-7-14-6-11(3-4-12(14)8-20-16)15-9-21-18(25-15)22-17(23)13-2-1-5-24-10-13/h3-4,6-9,13H,1-2,5,10H2,(H,21,22,23)/t13-/m1/s1. The molecule has 1 aliphatic heterocycles. The highest BCUT2D eigenvalue weighted by atomic mass is 32.1. The Morgan fingerprint density at radius 2 is 2.16 bits per heavy atom. The van der Waals surface area contributed by atoms with Crippen LogP contribution >= 0.6 is 11.3 Å². The molecule has 1 aromatic carbocycles. The molecule has 7 heteroatoms. The number of hydrogen-bond donors (Lipinski definition) is 1. The minimum absolute atomic E-state index is 0.0488. The largest absolute Gasteiger partial charge is 0.381 e. The van der Waals surface area contributed by atoms with E-state index in [1.807, 2.05) is 18.2 Å². The topological polar surface area (TPSA) is 64.1 Å². The zero-order valence-electron chi connectivity index (χ0n) is 13.4. The molecule has 1 N–H and O–H groups in total. The zero-order chi connectivity index (χ0) is 17.2. The van der Waals surface area contributed by atoms with Crippen LogP contribution < -0.4 is 5.32 Å². The summed E-state index contributed by atoms with van der Waals surface area (Å²) in [7, 11) is 0. The summed E-state index contributed by atoms with van der Waals surface area (Å²) in [6, 6.07) is 7.14. The Bertz CT molecular complexity index is 922. The summed E-state index contributed by atoms with van der Waals surface area (Å²) in [4.78, 5) is 21.1. The van der Waals surface area contributed by atoms with E-state index < -0.39 is 5.95 Å². The summed E-state index contributed by atoms with van der Waals surface area (Å²) in [6.45, 7) is 1.19. The number of halogens is 1. The Balaban J connectivity index is 1.53. The van der Waals surface area contributed by atoms with Crippen LogP contribution in [0, 0.1) is 11.9 Å². The van der Waals surface area contributed by atoms with E-state index in [0.717, 1.165) is 40.7 Å². The molecule has 1 fully saturated rings. The minimum atomic E-state index is -0.503. The molecule has 5 nitrogen and oxygen atoms in total. The predicted octanol–water partition coefficient (Wildman–Crippen LogP) is 3.86. The molecule has 1 saturated heterocycles. The number of anilines is 1. The lowest BCUT2D eigenvalue weighted by atomic mass is 10.0. The van der Waals surface area contributed by atoms with Crippen LogP contribution in [0.25, 0.3) is 21.2 Å². The van der Waals surface area contributed by atoms with Crippen LogP contribution in [0.2, 0.25) is 0 Å². The molecule has 0 bridgehead atoms. The summed E-state index contributed by atoms with van der Waals surface area (Å²) in [5.74, 6) is -0.666. The maximum atomic E-state index is 13.3. The van der Waals surface area contributed by atoms with Crippen molar-refractivity contribution in [3.05, 3.63) is 42.6 Å². The number of rotatable bonds is 3. The fourth-order valence-electron chi connectivity index (χ4n) is 2.89. The SMILES string of the molecule is O=C(Nc1ncc(-c2ccc3cnc(F)cc3c2)s1)[C@@H]1CCCOC1.